The fourth-order valence-corrected chi connectivity index (χ4v) is 3.35. The summed E-state index contributed by atoms with van der Waals surface area (Å²) in [5.74, 6) is 1.17. The monoisotopic (exact) mass is 397 g/mol. The summed E-state index contributed by atoms with van der Waals surface area (Å²) in [4.78, 5) is 21.2. The second-order valence-corrected chi connectivity index (χ2v) is 8.03. The number of hydrogen-bond donors (Lipinski definition) is 1. The van der Waals surface area contributed by atoms with Crippen LogP contribution in [0.2, 0.25) is 0 Å². The van der Waals surface area contributed by atoms with Crippen LogP contribution in [0.5, 0.6) is 5.88 Å². The van der Waals surface area contributed by atoms with Crippen LogP contribution >= 0.6 is 11.8 Å². The molecule has 0 bridgehead atoms. The van der Waals surface area contributed by atoms with Gasteiger partial charge in [-0.15, -0.1) is 11.8 Å². The molecule has 0 amide bonds. The van der Waals surface area contributed by atoms with Gasteiger partial charge in [-0.3, -0.25) is 9.36 Å². The van der Waals surface area contributed by atoms with Crippen LogP contribution in [0.15, 0.2) is 70.9 Å². The highest BCUT2D eigenvalue weighted by molar-refractivity contribution is 7.99. The number of nitrogens with zero attached hydrogens (tertiary/aromatic N) is 3. The van der Waals surface area contributed by atoms with Crippen molar-refractivity contribution in [2.75, 3.05) is 12.4 Å². The maximum absolute atomic E-state index is 12.7. The topological polar surface area (TPSA) is 77.2 Å². The van der Waals surface area contributed by atoms with Gasteiger partial charge in [0.05, 0.1) is 17.5 Å². The summed E-state index contributed by atoms with van der Waals surface area (Å²) in [5.41, 5.74) is 0.756. The molecule has 0 saturated heterocycles. The van der Waals surface area contributed by atoms with Crippen molar-refractivity contribution in [2.45, 2.75) is 30.9 Å². The number of pyridine rings is 1. The number of aromatic nitrogens is 3. The lowest BCUT2D eigenvalue weighted by Gasteiger charge is -2.17. The minimum absolute atomic E-state index is 0.136. The highest BCUT2D eigenvalue weighted by atomic mass is 32.2. The summed E-state index contributed by atoms with van der Waals surface area (Å²) in [6, 6.07) is 13.6. The van der Waals surface area contributed by atoms with E-state index < -0.39 is 5.60 Å². The molecule has 7 heteroatoms. The van der Waals surface area contributed by atoms with Crippen LogP contribution < -0.4 is 10.3 Å². The third-order valence-electron chi connectivity index (χ3n) is 3.85. The Morgan fingerprint density at radius 1 is 1.14 bits per heavy atom. The summed E-state index contributed by atoms with van der Waals surface area (Å²) in [7, 11) is 0. The Balaban J connectivity index is 1.67. The molecule has 0 radical (unpaired) electrons. The van der Waals surface area contributed by atoms with Crippen LogP contribution in [-0.4, -0.2) is 37.6 Å². The summed E-state index contributed by atoms with van der Waals surface area (Å²) in [6.45, 7) is 3.46. The molecule has 6 nitrogen and oxygen atoms in total. The van der Waals surface area contributed by atoms with Gasteiger partial charge in [0, 0.05) is 24.2 Å². The van der Waals surface area contributed by atoms with Crippen LogP contribution in [0.4, 0.5) is 0 Å². The Labute approximate surface area is 168 Å². The zero-order chi connectivity index (χ0) is 20.0. The highest BCUT2D eigenvalue weighted by Gasteiger charge is 2.14. The molecule has 0 saturated carbocycles. The lowest BCUT2D eigenvalue weighted by atomic mass is 10.2. The molecule has 2 aromatic heterocycles. The SMILES string of the molecule is CC(C)(O)COc1ccc(-n2ccnc(SCCc3ccccc3)c2=O)cn1. The summed E-state index contributed by atoms with van der Waals surface area (Å²) < 4.78 is 6.96. The number of thioether (sulfide) groups is 1. The summed E-state index contributed by atoms with van der Waals surface area (Å²) >= 11 is 1.45. The Bertz CT molecular complexity index is 951. The molecule has 1 N–H and O–H groups in total. The normalized spacial score (nSPS) is 11.4. The van der Waals surface area contributed by atoms with Gasteiger partial charge in [0.1, 0.15) is 6.61 Å². The van der Waals surface area contributed by atoms with Crippen molar-refractivity contribution in [3.63, 3.8) is 0 Å². The van der Waals surface area contributed by atoms with Gasteiger partial charge in [-0.1, -0.05) is 30.3 Å². The third kappa shape index (κ3) is 5.68. The third-order valence-corrected chi connectivity index (χ3v) is 4.82. The van der Waals surface area contributed by atoms with E-state index in [9.17, 15) is 9.90 Å². The zero-order valence-corrected chi connectivity index (χ0v) is 16.7. The standard InChI is InChI=1S/C21H23N3O3S/c1-21(2,26)15-27-18-9-8-17(14-23-18)24-12-11-22-19(20(24)25)28-13-10-16-6-4-3-5-7-16/h3-9,11-12,14,26H,10,13,15H2,1-2H3. The molecule has 0 aliphatic rings. The zero-order valence-electron chi connectivity index (χ0n) is 15.9. The van der Waals surface area contributed by atoms with E-state index in [0.29, 0.717) is 16.6 Å². The van der Waals surface area contributed by atoms with Crippen LogP contribution in [0.1, 0.15) is 19.4 Å². The highest BCUT2D eigenvalue weighted by Crippen LogP contribution is 2.16. The number of benzene rings is 1. The van der Waals surface area contributed by atoms with Gasteiger partial charge in [0.2, 0.25) is 5.88 Å². The molecule has 0 aliphatic heterocycles. The minimum Gasteiger partial charge on any atom is -0.475 e. The molecule has 146 valence electrons. The van der Waals surface area contributed by atoms with E-state index in [1.807, 2.05) is 18.2 Å². The van der Waals surface area contributed by atoms with Gasteiger partial charge < -0.3 is 9.84 Å². The molecular weight excluding hydrogens is 374 g/mol. The fourth-order valence-electron chi connectivity index (χ4n) is 2.46. The first-order valence-corrected chi connectivity index (χ1v) is 9.97. The molecule has 1 aromatic carbocycles. The first-order chi connectivity index (χ1) is 13.4. The Hall–Kier alpha value is -2.64. The molecule has 3 aromatic rings. The summed E-state index contributed by atoms with van der Waals surface area (Å²) in [6.07, 6.45) is 5.68. The molecule has 2 heterocycles. The number of aryl methyl sites for hydroxylation is 1. The number of ether oxygens (including phenoxy) is 1. The van der Waals surface area contributed by atoms with Crippen LogP contribution in [0.25, 0.3) is 5.69 Å². The first-order valence-electron chi connectivity index (χ1n) is 8.98. The number of rotatable bonds is 8. The minimum atomic E-state index is -0.936. The Morgan fingerprint density at radius 2 is 1.93 bits per heavy atom. The van der Waals surface area contributed by atoms with Crippen molar-refractivity contribution < 1.29 is 9.84 Å². The molecule has 0 aliphatic carbocycles. The second kappa shape index (κ2) is 9.03. The predicted molar refractivity (Wildman–Crippen MR) is 110 cm³/mol. The smallest absolute Gasteiger partial charge is 0.287 e. The molecule has 0 unspecified atom stereocenters. The van der Waals surface area contributed by atoms with Crippen molar-refractivity contribution in [3.05, 3.63) is 77.0 Å². The van der Waals surface area contributed by atoms with E-state index in [-0.39, 0.29) is 12.2 Å². The van der Waals surface area contributed by atoms with E-state index in [4.69, 9.17) is 4.74 Å². The van der Waals surface area contributed by atoms with Crippen LogP contribution in [0.3, 0.4) is 0 Å². The largest absolute Gasteiger partial charge is 0.475 e. The van der Waals surface area contributed by atoms with E-state index in [0.717, 1.165) is 12.2 Å². The van der Waals surface area contributed by atoms with Crippen LogP contribution in [-0.2, 0) is 6.42 Å². The van der Waals surface area contributed by atoms with Gasteiger partial charge in [0.25, 0.3) is 5.56 Å². The van der Waals surface area contributed by atoms with Gasteiger partial charge in [-0.25, -0.2) is 9.97 Å². The molecule has 0 spiro atoms. The van der Waals surface area contributed by atoms with Crippen molar-refractivity contribution in [2.24, 2.45) is 0 Å². The van der Waals surface area contributed by atoms with Gasteiger partial charge in [-0.2, -0.15) is 0 Å². The summed E-state index contributed by atoms with van der Waals surface area (Å²) in [5, 5.41) is 10.2. The van der Waals surface area contributed by atoms with Crippen molar-refractivity contribution in [3.8, 4) is 11.6 Å². The van der Waals surface area contributed by atoms with Gasteiger partial charge in [0.15, 0.2) is 5.03 Å². The van der Waals surface area contributed by atoms with E-state index >= 15 is 0 Å². The number of hydrogen-bond acceptors (Lipinski definition) is 6. The quantitative estimate of drug-likeness (QED) is 0.589. The van der Waals surface area contributed by atoms with Crippen molar-refractivity contribution in [1.29, 1.82) is 0 Å². The molecule has 0 atom stereocenters. The molecule has 28 heavy (non-hydrogen) atoms. The van der Waals surface area contributed by atoms with E-state index in [1.54, 1.807) is 44.6 Å². The maximum Gasteiger partial charge on any atom is 0.287 e. The second-order valence-electron chi connectivity index (χ2n) is 6.95. The Kier molecular flexibility index (Phi) is 6.49. The van der Waals surface area contributed by atoms with Gasteiger partial charge >= 0.3 is 0 Å². The lowest BCUT2D eigenvalue weighted by Crippen LogP contribution is -2.28. The van der Waals surface area contributed by atoms with E-state index in [1.165, 1.54) is 21.9 Å². The maximum atomic E-state index is 12.7. The van der Waals surface area contributed by atoms with Gasteiger partial charge in [-0.05, 0) is 31.9 Å². The van der Waals surface area contributed by atoms with Crippen LogP contribution in [0, 0.1) is 0 Å². The average Bonchev–Trinajstić information content (AvgIpc) is 2.68. The molecular formula is C21H23N3O3S. The van der Waals surface area contributed by atoms with Crippen molar-refractivity contribution in [1.82, 2.24) is 14.5 Å². The number of aliphatic hydroxyl groups is 1. The predicted octanol–water partition coefficient (Wildman–Crippen LogP) is 3.11. The lowest BCUT2D eigenvalue weighted by molar-refractivity contribution is 0.0268. The fraction of sp³-hybridized carbons (Fsp3) is 0.286. The molecule has 3 rings (SSSR count). The van der Waals surface area contributed by atoms with Crippen molar-refractivity contribution >= 4 is 11.8 Å². The average molecular weight is 398 g/mol. The first kappa shape index (κ1) is 20.1. The Morgan fingerprint density at radius 3 is 2.61 bits per heavy atom. The van der Waals surface area contributed by atoms with E-state index in [2.05, 4.69) is 22.1 Å². The molecule has 0 fully saturated rings.